The molecule has 0 saturated heterocycles. The maximum Gasteiger partial charge on any atom is 0.311 e. The number of nitrogens with one attached hydrogen (secondary N) is 2. The average molecular weight is 337 g/mol. The van der Waals surface area contributed by atoms with Gasteiger partial charge in [0.05, 0.1) is 5.92 Å². The van der Waals surface area contributed by atoms with E-state index >= 15 is 0 Å². The zero-order valence-corrected chi connectivity index (χ0v) is 13.5. The molecule has 2 rings (SSSR count). The average Bonchev–Trinajstić information content (AvgIpc) is 3.03. The van der Waals surface area contributed by atoms with Crippen LogP contribution in [0.2, 0.25) is 0 Å². The van der Waals surface area contributed by atoms with Crippen molar-refractivity contribution in [1.29, 1.82) is 5.41 Å². The van der Waals surface area contributed by atoms with E-state index in [0.29, 0.717) is 6.54 Å². The molecule has 1 aliphatic rings. The lowest BCUT2D eigenvalue weighted by Crippen LogP contribution is -2.20. The van der Waals surface area contributed by atoms with Crippen LogP contribution in [0.1, 0.15) is 42.7 Å². The Morgan fingerprint density at radius 1 is 1.35 bits per heavy atom. The number of aliphatic hydroxyl groups is 1. The number of benzene rings is 1. The Morgan fingerprint density at radius 3 is 2.43 bits per heavy atom. The number of hydrogen-bond acceptors (Lipinski definition) is 4. The van der Waals surface area contributed by atoms with Gasteiger partial charge in [-0.25, -0.2) is 0 Å². The number of carbonyl (C=O) groups is 1. The predicted octanol–water partition coefficient (Wildman–Crippen LogP) is 3.75. The number of carboxylic acid groups (broad SMARTS) is 1. The summed E-state index contributed by atoms with van der Waals surface area (Å²) in [4.78, 5) is 11.6. The Bertz CT molecular complexity index is 592. The third-order valence-electron chi connectivity index (χ3n) is 4.32. The highest BCUT2D eigenvalue weighted by atomic mass is 35.5. The smallest absolute Gasteiger partial charge is 0.311 e. The molecule has 1 fully saturated rings. The third-order valence-corrected chi connectivity index (χ3v) is 4.53. The van der Waals surface area contributed by atoms with E-state index in [1.807, 2.05) is 24.3 Å². The van der Waals surface area contributed by atoms with E-state index < -0.39 is 11.9 Å². The van der Waals surface area contributed by atoms with Gasteiger partial charge in [0.15, 0.2) is 0 Å². The van der Waals surface area contributed by atoms with Crippen LogP contribution in [0.15, 0.2) is 36.2 Å². The summed E-state index contributed by atoms with van der Waals surface area (Å²) in [6.45, 7) is 0.392. The molecule has 0 radical (unpaired) electrons. The molecule has 0 heterocycles. The molecule has 23 heavy (non-hydrogen) atoms. The second kappa shape index (κ2) is 8.02. The number of hydrogen-bond donors (Lipinski definition) is 4. The second-order valence-electron chi connectivity index (χ2n) is 5.81. The summed E-state index contributed by atoms with van der Waals surface area (Å²) in [5.41, 5.74) is 1.89. The molecule has 0 spiro atoms. The van der Waals surface area contributed by atoms with Crippen molar-refractivity contribution in [1.82, 2.24) is 5.32 Å². The minimum Gasteiger partial charge on any atom is -0.513 e. The van der Waals surface area contributed by atoms with E-state index in [1.165, 1.54) is 0 Å². The van der Waals surface area contributed by atoms with Gasteiger partial charge in [0, 0.05) is 6.54 Å². The van der Waals surface area contributed by atoms with E-state index in [4.69, 9.17) is 22.1 Å². The summed E-state index contributed by atoms with van der Waals surface area (Å²) in [5, 5.41) is 28.3. The number of halogens is 1. The quantitative estimate of drug-likeness (QED) is 0.450. The lowest BCUT2D eigenvalue weighted by molar-refractivity contribution is -0.140. The van der Waals surface area contributed by atoms with Crippen LogP contribution in [0.5, 0.6) is 0 Å². The fraction of sp³-hybridized carbons (Fsp3) is 0.412. The van der Waals surface area contributed by atoms with Crippen molar-refractivity contribution in [3.05, 3.63) is 47.4 Å². The van der Waals surface area contributed by atoms with Crippen molar-refractivity contribution in [2.75, 3.05) is 0 Å². The largest absolute Gasteiger partial charge is 0.513 e. The van der Waals surface area contributed by atoms with Crippen LogP contribution >= 0.6 is 11.6 Å². The molecule has 1 aliphatic carbocycles. The molecule has 0 aromatic heterocycles. The lowest BCUT2D eigenvalue weighted by atomic mass is 9.84. The normalized spacial score (nSPS) is 17.0. The molecule has 6 heteroatoms. The molecule has 0 aliphatic heterocycles. The Kier molecular flexibility index (Phi) is 6.04. The minimum atomic E-state index is -0.760. The number of allylic oxidation sites excluding steroid dienone is 1. The SMILES string of the molecule is N=C(Cl)C(=CO)NCc1ccc(C(C(=O)O)C2CCCC2)cc1. The second-order valence-corrected chi connectivity index (χ2v) is 6.19. The molecular weight excluding hydrogens is 316 g/mol. The first-order valence-electron chi connectivity index (χ1n) is 7.67. The summed E-state index contributed by atoms with van der Waals surface area (Å²) < 4.78 is 0. The van der Waals surface area contributed by atoms with E-state index in [0.717, 1.165) is 43.1 Å². The van der Waals surface area contributed by atoms with Crippen molar-refractivity contribution in [2.24, 2.45) is 5.92 Å². The molecule has 124 valence electrons. The summed E-state index contributed by atoms with van der Waals surface area (Å²) in [6, 6.07) is 7.42. The third kappa shape index (κ3) is 4.48. The van der Waals surface area contributed by atoms with Gasteiger partial charge in [-0.2, -0.15) is 0 Å². The number of aliphatic carboxylic acids is 1. The van der Waals surface area contributed by atoms with Crippen molar-refractivity contribution in [2.45, 2.75) is 38.1 Å². The van der Waals surface area contributed by atoms with Gasteiger partial charge >= 0.3 is 5.97 Å². The van der Waals surface area contributed by atoms with Crippen LogP contribution in [0.3, 0.4) is 0 Å². The van der Waals surface area contributed by atoms with E-state index in [9.17, 15) is 9.90 Å². The molecule has 1 unspecified atom stereocenters. The van der Waals surface area contributed by atoms with Crippen LogP contribution in [0.4, 0.5) is 0 Å². The van der Waals surface area contributed by atoms with Crippen LogP contribution in [-0.2, 0) is 11.3 Å². The van der Waals surface area contributed by atoms with Crippen LogP contribution in [0.25, 0.3) is 0 Å². The highest BCUT2D eigenvalue weighted by molar-refractivity contribution is 6.68. The Hall–Kier alpha value is -2.01. The summed E-state index contributed by atoms with van der Waals surface area (Å²) in [5.74, 6) is -0.982. The van der Waals surface area contributed by atoms with Gasteiger partial charge in [0.1, 0.15) is 17.1 Å². The number of carboxylic acids is 1. The van der Waals surface area contributed by atoms with Crippen molar-refractivity contribution in [3.8, 4) is 0 Å². The topological polar surface area (TPSA) is 93.4 Å². The minimum absolute atomic E-state index is 0.144. The van der Waals surface area contributed by atoms with E-state index in [2.05, 4.69) is 5.32 Å². The van der Waals surface area contributed by atoms with Gasteiger partial charge < -0.3 is 15.5 Å². The monoisotopic (exact) mass is 336 g/mol. The van der Waals surface area contributed by atoms with E-state index in [-0.39, 0.29) is 16.8 Å². The van der Waals surface area contributed by atoms with Crippen LogP contribution in [-0.4, -0.2) is 21.4 Å². The van der Waals surface area contributed by atoms with Gasteiger partial charge in [0.2, 0.25) is 0 Å². The first-order valence-corrected chi connectivity index (χ1v) is 8.05. The van der Waals surface area contributed by atoms with Crippen LogP contribution < -0.4 is 5.32 Å². The zero-order chi connectivity index (χ0) is 16.8. The van der Waals surface area contributed by atoms with Crippen LogP contribution in [0, 0.1) is 11.3 Å². The first-order chi connectivity index (χ1) is 11.0. The lowest BCUT2D eigenvalue weighted by Gasteiger charge is -2.20. The molecule has 5 nitrogen and oxygen atoms in total. The summed E-state index contributed by atoms with van der Waals surface area (Å²) in [7, 11) is 0. The Morgan fingerprint density at radius 2 is 1.96 bits per heavy atom. The molecule has 1 aromatic carbocycles. The standard InChI is InChI=1S/C17H21ClN2O3/c18-16(19)14(10-21)20-9-11-5-7-13(8-6-11)15(17(22)23)12-3-1-2-4-12/h5-8,10,12,15,19-21H,1-4,9H2,(H,22,23). The number of aliphatic hydroxyl groups excluding tert-OH is 1. The van der Waals surface area contributed by atoms with Crippen molar-refractivity contribution in [3.63, 3.8) is 0 Å². The summed E-state index contributed by atoms with van der Waals surface area (Å²) >= 11 is 5.51. The van der Waals surface area contributed by atoms with Crippen molar-refractivity contribution >= 4 is 22.7 Å². The molecule has 1 saturated carbocycles. The zero-order valence-electron chi connectivity index (χ0n) is 12.8. The predicted molar refractivity (Wildman–Crippen MR) is 89.9 cm³/mol. The summed E-state index contributed by atoms with van der Waals surface area (Å²) in [6.07, 6.45) is 4.92. The molecule has 0 amide bonds. The molecule has 4 N–H and O–H groups in total. The van der Waals surface area contributed by atoms with E-state index in [1.54, 1.807) is 0 Å². The fourth-order valence-electron chi connectivity index (χ4n) is 3.13. The Labute approximate surface area is 140 Å². The van der Waals surface area contributed by atoms with Gasteiger partial charge in [-0.1, -0.05) is 48.7 Å². The van der Waals surface area contributed by atoms with Crippen molar-refractivity contribution < 1.29 is 15.0 Å². The Balaban J connectivity index is 2.05. The number of rotatable bonds is 7. The molecular formula is C17H21ClN2O3. The van der Waals surface area contributed by atoms with Gasteiger partial charge in [-0.15, -0.1) is 0 Å². The highest BCUT2D eigenvalue weighted by Crippen LogP contribution is 2.37. The van der Waals surface area contributed by atoms with Gasteiger partial charge in [0.25, 0.3) is 0 Å². The molecule has 0 bridgehead atoms. The molecule has 1 atom stereocenters. The fourth-order valence-corrected chi connectivity index (χ4v) is 3.24. The molecule has 1 aromatic rings. The highest BCUT2D eigenvalue weighted by Gasteiger charge is 2.31. The van der Waals surface area contributed by atoms with Gasteiger partial charge in [-0.3, -0.25) is 10.2 Å². The maximum atomic E-state index is 11.6. The first kappa shape index (κ1) is 17.3. The van der Waals surface area contributed by atoms with Gasteiger partial charge in [-0.05, 0) is 29.9 Å². The maximum absolute atomic E-state index is 11.6.